The number of nitrogens with one attached hydrogen (secondary N) is 1. The molecule has 0 atom stereocenters. The lowest BCUT2D eigenvalue weighted by Crippen LogP contribution is -2.07. The molecule has 0 bridgehead atoms. The molecular formula is C15H11ClN2O3. The van der Waals surface area contributed by atoms with E-state index in [4.69, 9.17) is 11.6 Å². The van der Waals surface area contributed by atoms with E-state index in [0.29, 0.717) is 10.7 Å². The fraction of sp³-hybridized carbons (Fsp3) is 0. The number of carbonyl (C=O) groups is 1. The predicted octanol–water partition coefficient (Wildman–Crippen LogP) is 3.90. The first-order chi connectivity index (χ1) is 10.0. The molecule has 0 fully saturated rings. The van der Waals surface area contributed by atoms with Crippen LogP contribution in [0.15, 0.2) is 54.6 Å². The Kier molecular flexibility index (Phi) is 4.68. The highest BCUT2D eigenvalue weighted by molar-refractivity contribution is 6.30. The van der Waals surface area contributed by atoms with Gasteiger partial charge in [0.25, 0.3) is 5.69 Å². The van der Waals surface area contributed by atoms with Gasteiger partial charge in [-0.25, -0.2) is 0 Å². The molecule has 0 spiro atoms. The first kappa shape index (κ1) is 14.7. The quantitative estimate of drug-likeness (QED) is 0.529. The minimum Gasteiger partial charge on any atom is -0.323 e. The highest BCUT2D eigenvalue weighted by atomic mass is 35.5. The molecule has 6 heteroatoms. The molecule has 5 nitrogen and oxygen atoms in total. The summed E-state index contributed by atoms with van der Waals surface area (Å²) in [4.78, 5) is 21.7. The van der Waals surface area contributed by atoms with Crippen molar-refractivity contribution >= 4 is 35.0 Å². The zero-order valence-electron chi connectivity index (χ0n) is 10.8. The Morgan fingerprint density at radius 3 is 2.52 bits per heavy atom. The van der Waals surface area contributed by atoms with Gasteiger partial charge in [0, 0.05) is 28.9 Å². The number of nitro benzene ring substituents is 1. The molecule has 106 valence electrons. The Labute approximate surface area is 126 Å². The molecule has 1 N–H and O–H groups in total. The van der Waals surface area contributed by atoms with Crippen LogP contribution in [0.5, 0.6) is 0 Å². The molecule has 2 aromatic rings. The number of carbonyl (C=O) groups excluding carboxylic acids is 1. The second-order valence-electron chi connectivity index (χ2n) is 4.18. The molecular weight excluding hydrogens is 292 g/mol. The summed E-state index contributed by atoms with van der Waals surface area (Å²) in [7, 11) is 0. The van der Waals surface area contributed by atoms with Crippen molar-refractivity contribution in [3.63, 3.8) is 0 Å². The van der Waals surface area contributed by atoms with Crippen molar-refractivity contribution in [2.24, 2.45) is 0 Å². The Morgan fingerprint density at radius 2 is 1.90 bits per heavy atom. The lowest BCUT2D eigenvalue weighted by atomic mass is 10.2. The number of benzene rings is 2. The van der Waals surface area contributed by atoms with Gasteiger partial charge >= 0.3 is 0 Å². The SMILES string of the molecule is O=C(/C=C/c1cccc(Cl)c1)Nc1ccc([N+](=O)[O-])cc1. The molecule has 0 heterocycles. The van der Waals surface area contributed by atoms with Crippen LogP contribution in [0, 0.1) is 10.1 Å². The lowest BCUT2D eigenvalue weighted by molar-refractivity contribution is -0.384. The van der Waals surface area contributed by atoms with Crippen LogP contribution in [-0.2, 0) is 4.79 Å². The largest absolute Gasteiger partial charge is 0.323 e. The summed E-state index contributed by atoms with van der Waals surface area (Å²) in [5, 5.41) is 13.7. The smallest absolute Gasteiger partial charge is 0.269 e. The predicted molar refractivity (Wildman–Crippen MR) is 82.2 cm³/mol. The summed E-state index contributed by atoms with van der Waals surface area (Å²) in [6, 6.07) is 12.7. The molecule has 0 aliphatic carbocycles. The van der Waals surface area contributed by atoms with Crippen LogP contribution >= 0.6 is 11.6 Å². The maximum Gasteiger partial charge on any atom is 0.269 e. The second-order valence-corrected chi connectivity index (χ2v) is 4.62. The van der Waals surface area contributed by atoms with Gasteiger partial charge in [-0.2, -0.15) is 0 Å². The molecule has 0 unspecified atom stereocenters. The van der Waals surface area contributed by atoms with E-state index in [2.05, 4.69) is 5.32 Å². The molecule has 0 aliphatic rings. The number of hydrogen-bond donors (Lipinski definition) is 1. The Morgan fingerprint density at radius 1 is 1.19 bits per heavy atom. The van der Waals surface area contributed by atoms with Crippen LogP contribution in [0.3, 0.4) is 0 Å². The maximum atomic E-state index is 11.7. The molecule has 0 aromatic heterocycles. The fourth-order valence-corrected chi connectivity index (χ4v) is 1.83. The first-order valence-electron chi connectivity index (χ1n) is 6.04. The van der Waals surface area contributed by atoms with Gasteiger partial charge in [-0.1, -0.05) is 23.7 Å². The van der Waals surface area contributed by atoms with Crippen molar-refractivity contribution < 1.29 is 9.72 Å². The average molecular weight is 303 g/mol. The summed E-state index contributed by atoms with van der Waals surface area (Å²) in [5.74, 6) is -0.330. The third-order valence-corrected chi connectivity index (χ3v) is 2.86. The molecule has 0 saturated heterocycles. The molecule has 1 amide bonds. The number of rotatable bonds is 4. The van der Waals surface area contributed by atoms with Crippen molar-refractivity contribution in [3.05, 3.63) is 75.3 Å². The normalized spacial score (nSPS) is 10.5. The van der Waals surface area contributed by atoms with Crippen molar-refractivity contribution in [1.82, 2.24) is 0 Å². The van der Waals surface area contributed by atoms with E-state index in [9.17, 15) is 14.9 Å². The van der Waals surface area contributed by atoms with Gasteiger partial charge in [-0.15, -0.1) is 0 Å². The molecule has 2 rings (SSSR count). The third-order valence-electron chi connectivity index (χ3n) is 2.62. The van der Waals surface area contributed by atoms with Gasteiger partial charge in [-0.3, -0.25) is 14.9 Å². The average Bonchev–Trinajstić information content (AvgIpc) is 2.46. The maximum absolute atomic E-state index is 11.7. The molecule has 0 radical (unpaired) electrons. The number of nitro groups is 1. The number of halogens is 1. The van der Waals surface area contributed by atoms with Crippen LogP contribution in [0.1, 0.15) is 5.56 Å². The second kappa shape index (κ2) is 6.67. The van der Waals surface area contributed by atoms with Crippen LogP contribution in [0.4, 0.5) is 11.4 Å². The van der Waals surface area contributed by atoms with Crippen LogP contribution in [0.25, 0.3) is 6.08 Å². The van der Waals surface area contributed by atoms with Gasteiger partial charge in [0.1, 0.15) is 0 Å². The van der Waals surface area contributed by atoms with Crippen LogP contribution in [-0.4, -0.2) is 10.8 Å². The zero-order valence-corrected chi connectivity index (χ0v) is 11.6. The Hall–Kier alpha value is -2.66. The summed E-state index contributed by atoms with van der Waals surface area (Å²) in [6.45, 7) is 0. The molecule has 21 heavy (non-hydrogen) atoms. The summed E-state index contributed by atoms with van der Waals surface area (Å²) in [5.41, 5.74) is 1.27. The van der Waals surface area contributed by atoms with Crippen molar-refractivity contribution in [2.75, 3.05) is 5.32 Å². The van der Waals surface area contributed by atoms with Crippen molar-refractivity contribution in [3.8, 4) is 0 Å². The van der Waals surface area contributed by atoms with E-state index < -0.39 is 4.92 Å². The molecule has 0 saturated carbocycles. The van der Waals surface area contributed by atoms with E-state index in [0.717, 1.165) is 5.56 Å². The number of anilines is 1. The van der Waals surface area contributed by atoms with Gasteiger partial charge in [0.05, 0.1) is 4.92 Å². The highest BCUT2D eigenvalue weighted by Crippen LogP contribution is 2.16. The minimum atomic E-state index is -0.495. The first-order valence-corrected chi connectivity index (χ1v) is 6.41. The third kappa shape index (κ3) is 4.43. The van der Waals surface area contributed by atoms with Crippen molar-refractivity contribution in [2.45, 2.75) is 0 Å². The van der Waals surface area contributed by atoms with Gasteiger partial charge in [0.15, 0.2) is 0 Å². The standard InChI is InChI=1S/C15H11ClN2O3/c16-12-3-1-2-11(10-12)4-9-15(19)17-13-5-7-14(8-6-13)18(20)21/h1-10H,(H,17,19)/b9-4+. The fourth-order valence-electron chi connectivity index (χ4n) is 1.63. The number of hydrogen-bond acceptors (Lipinski definition) is 3. The molecule has 0 aliphatic heterocycles. The van der Waals surface area contributed by atoms with E-state index in [1.54, 1.807) is 24.3 Å². The summed E-state index contributed by atoms with van der Waals surface area (Å²) in [6.07, 6.45) is 3.00. The van der Waals surface area contributed by atoms with Gasteiger partial charge in [-0.05, 0) is 35.9 Å². The van der Waals surface area contributed by atoms with Crippen molar-refractivity contribution in [1.29, 1.82) is 0 Å². The summed E-state index contributed by atoms with van der Waals surface area (Å²) >= 11 is 5.84. The van der Waals surface area contributed by atoms with E-state index >= 15 is 0 Å². The zero-order chi connectivity index (χ0) is 15.2. The Bertz CT molecular complexity index is 696. The van der Waals surface area contributed by atoms with E-state index in [-0.39, 0.29) is 11.6 Å². The molecule has 2 aromatic carbocycles. The van der Waals surface area contributed by atoms with Crippen LogP contribution < -0.4 is 5.32 Å². The Balaban J connectivity index is 1.99. The monoisotopic (exact) mass is 302 g/mol. The van der Waals surface area contributed by atoms with Crippen LogP contribution in [0.2, 0.25) is 5.02 Å². The topological polar surface area (TPSA) is 72.2 Å². The summed E-state index contributed by atoms with van der Waals surface area (Å²) < 4.78 is 0. The minimum absolute atomic E-state index is 0.0255. The number of non-ortho nitro benzene ring substituents is 1. The number of amides is 1. The van der Waals surface area contributed by atoms with Gasteiger partial charge in [0.2, 0.25) is 5.91 Å². The highest BCUT2D eigenvalue weighted by Gasteiger charge is 2.04. The lowest BCUT2D eigenvalue weighted by Gasteiger charge is -2.01. The van der Waals surface area contributed by atoms with Gasteiger partial charge < -0.3 is 5.32 Å². The van der Waals surface area contributed by atoms with E-state index in [1.165, 1.54) is 30.3 Å². The van der Waals surface area contributed by atoms with E-state index in [1.807, 2.05) is 6.07 Å². The number of nitrogens with zero attached hydrogens (tertiary/aromatic N) is 1.